The molecular weight excluding hydrogens is 370 g/mol. The Bertz CT molecular complexity index is 1050. The van der Waals surface area contributed by atoms with E-state index in [-0.39, 0.29) is 11.4 Å². The molecule has 1 aliphatic rings. The Balaban J connectivity index is 1.80. The molecule has 0 atom stereocenters. The Labute approximate surface area is 169 Å². The Morgan fingerprint density at radius 2 is 2.00 bits per heavy atom. The van der Waals surface area contributed by atoms with Crippen molar-refractivity contribution < 1.29 is 4.79 Å². The highest BCUT2D eigenvalue weighted by atomic mass is 32.1. The molecule has 0 unspecified atom stereocenters. The maximum absolute atomic E-state index is 13.2. The topological polar surface area (TPSA) is 72.7 Å². The predicted octanol–water partition coefficient (Wildman–Crippen LogP) is 5.20. The van der Waals surface area contributed by atoms with E-state index in [0.717, 1.165) is 41.0 Å². The van der Waals surface area contributed by atoms with Gasteiger partial charge in [-0.25, -0.2) is 14.6 Å². The van der Waals surface area contributed by atoms with Gasteiger partial charge in [-0.05, 0) is 52.5 Å². The first kappa shape index (κ1) is 19.1. The molecule has 7 heteroatoms. The zero-order valence-electron chi connectivity index (χ0n) is 17.3. The van der Waals surface area contributed by atoms with Gasteiger partial charge in [0.15, 0.2) is 10.8 Å². The summed E-state index contributed by atoms with van der Waals surface area (Å²) in [4.78, 5) is 22.7. The van der Waals surface area contributed by atoms with E-state index in [4.69, 9.17) is 10.1 Å². The molecule has 0 spiro atoms. The SMILES string of the molecule is Cc1nn(C(C)(C)C)c2nc(C3CC3)cc(C(=O)Nc3nc(C(C)C)cs3)c12. The van der Waals surface area contributed by atoms with Crippen molar-refractivity contribution in [1.82, 2.24) is 19.7 Å². The molecule has 6 nitrogen and oxygen atoms in total. The van der Waals surface area contributed by atoms with E-state index >= 15 is 0 Å². The molecule has 1 fully saturated rings. The van der Waals surface area contributed by atoms with Gasteiger partial charge >= 0.3 is 0 Å². The van der Waals surface area contributed by atoms with Crippen molar-refractivity contribution in [2.75, 3.05) is 5.32 Å². The van der Waals surface area contributed by atoms with Gasteiger partial charge in [-0.3, -0.25) is 10.1 Å². The highest BCUT2D eigenvalue weighted by molar-refractivity contribution is 7.14. The van der Waals surface area contributed by atoms with Crippen LogP contribution < -0.4 is 5.32 Å². The molecule has 0 aliphatic heterocycles. The summed E-state index contributed by atoms with van der Waals surface area (Å²) in [6.45, 7) is 12.5. The molecule has 3 aromatic heterocycles. The molecule has 1 saturated carbocycles. The van der Waals surface area contributed by atoms with Crippen molar-refractivity contribution >= 4 is 33.4 Å². The number of carbonyl (C=O) groups is 1. The summed E-state index contributed by atoms with van der Waals surface area (Å²) in [7, 11) is 0. The van der Waals surface area contributed by atoms with Gasteiger partial charge in [0.1, 0.15) is 0 Å². The van der Waals surface area contributed by atoms with Crippen molar-refractivity contribution in [3.8, 4) is 0 Å². The Morgan fingerprint density at radius 1 is 1.29 bits per heavy atom. The summed E-state index contributed by atoms with van der Waals surface area (Å²) in [6.07, 6.45) is 2.26. The van der Waals surface area contributed by atoms with Crippen LogP contribution in [0.5, 0.6) is 0 Å². The Hall–Kier alpha value is -2.28. The van der Waals surface area contributed by atoms with E-state index in [1.807, 2.05) is 23.1 Å². The first-order valence-corrected chi connectivity index (χ1v) is 10.7. The number of amides is 1. The Morgan fingerprint density at radius 3 is 2.57 bits per heavy atom. The smallest absolute Gasteiger partial charge is 0.258 e. The summed E-state index contributed by atoms with van der Waals surface area (Å²) in [5, 5.41) is 11.2. The third-order valence-corrected chi connectivity index (χ3v) is 5.82. The monoisotopic (exact) mass is 397 g/mol. The number of hydrogen-bond acceptors (Lipinski definition) is 5. The molecule has 1 aliphatic carbocycles. The van der Waals surface area contributed by atoms with Gasteiger partial charge < -0.3 is 0 Å². The molecular formula is C21H27N5OS. The molecule has 148 valence electrons. The van der Waals surface area contributed by atoms with Crippen LogP contribution in [0.2, 0.25) is 0 Å². The zero-order chi connectivity index (χ0) is 20.2. The molecule has 0 aromatic carbocycles. The van der Waals surface area contributed by atoms with E-state index < -0.39 is 0 Å². The van der Waals surface area contributed by atoms with E-state index in [9.17, 15) is 4.79 Å². The molecule has 3 heterocycles. The van der Waals surface area contributed by atoms with Crippen molar-refractivity contribution in [2.45, 2.75) is 71.8 Å². The molecule has 1 amide bonds. The van der Waals surface area contributed by atoms with Gasteiger partial charge in [0.25, 0.3) is 5.91 Å². The van der Waals surface area contributed by atoms with Gasteiger partial charge in [0.05, 0.1) is 27.9 Å². The highest BCUT2D eigenvalue weighted by Crippen LogP contribution is 2.41. The summed E-state index contributed by atoms with van der Waals surface area (Å²) in [6, 6.07) is 1.95. The van der Waals surface area contributed by atoms with Crippen LogP contribution in [0.3, 0.4) is 0 Å². The van der Waals surface area contributed by atoms with Gasteiger partial charge in [-0.1, -0.05) is 13.8 Å². The molecule has 1 N–H and O–H groups in total. The maximum Gasteiger partial charge on any atom is 0.258 e. The number of nitrogens with zero attached hydrogens (tertiary/aromatic N) is 4. The quantitative estimate of drug-likeness (QED) is 0.656. The number of pyridine rings is 1. The fourth-order valence-corrected chi connectivity index (χ4v) is 4.18. The van der Waals surface area contributed by atoms with Gasteiger partial charge in [-0.2, -0.15) is 5.10 Å². The second kappa shape index (κ2) is 6.65. The van der Waals surface area contributed by atoms with Gasteiger partial charge in [-0.15, -0.1) is 11.3 Å². The first-order chi connectivity index (χ1) is 13.1. The normalized spacial score (nSPS) is 14.8. The number of rotatable bonds is 4. The summed E-state index contributed by atoms with van der Waals surface area (Å²) >= 11 is 1.46. The third kappa shape index (κ3) is 3.43. The number of nitrogens with one attached hydrogen (secondary N) is 1. The van der Waals surface area contributed by atoms with E-state index in [1.54, 1.807) is 0 Å². The number of hydrogen-bond donors (Lipinski definition) is 1. The van der Waals surface area contributed by atoms with Crippen molar-refractivity contribution in [1.29, 1.82) is 0 Å². The fraction of sp³-hybridized carbons (Fsp3) is 0.524. The molecule has 0 saturated heterocycles. The number of carbonyl (C=O) groups excluding carboxylic acids is 1. The lowest BCUT2D eigenvalue weighted by Gasteiger charge is -2.20. The molecule has 0 bridgehead atoms. The molecule has 28 heavy (non-hydrogen) atoms. The fourth-order valence-electron chi connectivity index (χ4n) is 3.32. The minimum atomic E-state index is -0.211. The van der Waals surface area contributed by atoms with Crippen LogP contribution in [-0.4, -0.2) is 25.7 Å². The average Bonchev–Trinajstić information content (AvgIpc) is 3.26. The average molecular weight is 398 g/mol. The van der Waals surface area contributed by atoms with Crippen LogP contribution in [0.25, 0.3) is 11.0 Å². The molecule has 0 radical (unpaired) electrons. The number of fused-ring (bicyclic) bond motifs is 1. The van der Waals surface area contributed by atoms with E-state index in [1.165, 1.54) is 11.3 Å². The van der Waals surface area contributed by atoms with Crippen molar-refractivity contribution in [3.05, 3.63) is 34.1 Å². The largest absolute Gasteiger partial charge is 0.298 e. The molecule has 4 rings (SSSR count). The van der Waals surface area contributed by atoms with E-state index in [2.05, 4.69) is 44.9 Å². The minimum absolute atomic E-state index is 0.143. The van der Waals surface area contributed by atoms with Crippen molar-refractivity contribution in [3.63, 3.8) is 0 Å². The lowest BCUT2D eigenvalue weighted by atomic mass is 10.1. The number of anilines is 1. The van der Waals surface area contributed by atoms with Crippen molar-refractivity contribution in [2.24, 2.45) is 0 Å². The highest BCUT2D eigenvalue weighted by Gasteiger charge is 2.30. The second-order valence-electron chi connectivity index (χ2n) is 8.92. The summed E-state index contributed by atoms with van der Waals surface area (Å²) in [5.74, 6) is 0.644. The zero-order valence-corrected chi connectivity index (χ0v) is 18.1. The van der Waals surface area contributed by atoms with Crippen LogP contribution in [0.1, 0.15) is 86.7 Å². The predicted molar refractivity (Wildman–Crippen MR) is 113 cm³/mol. The number of thiazole rings is 1. The lowest BCUT2D eigenvalue weighted by molar-refractivity contribution is 0.102. The van der Waals surface area contributed by atoms with Gasteiger partial charge in [0, 0.05) is 17.0 Å². The summed E-state index contributed by atoms with van der Waals surface area (Å²) in [5.41, 5.74) is 4.03. The third-order valence-electron chi connectivity index (χ3n) is 5.04. The minimum Gasteiger partial charge on any atom is -0.298 e. The maximum atomic E-state index is 13.2. The summed E-state index contributed by atoms with van der Waals surface area (Å²) < 4.78 is 1.95. The van der Waals surface area contributed by atoms with Crippen LogP contribution in [0.15, 0.2) is 11.4 Å². The van der Waals surface area contributed by atoms with E-state index in [0.29, 0.717) is 22.5 Å². The van der Waals surface area contributed by atoms with Crippen LogP contribution in [0, 0.1) is 6.92 Å². The lowest BCUT2D eigenvalue weighted by Crippen LogP contribution is -2.23. The van der Waals surface area contributed by atoms with Gasteiger partial charge in [0.2, 0.25) is 0 Å². The second-order valence-corrected chi connectivity index (χ2v) is 9.78. The molecule has 3 aromatic rings. The number of aromatic nitrogens is 4. The first-order valence-electron chi connectivity index (χ1n) is 9.82. The standard InChI is InChI=1S/C21H27N5OS/c1-11(2)16-10-28-20(23-16)24-19(27)14-9-15(13-7-8-13)22-18-17(14)12(3)25-26(18)21(4,5)6/h9-11,13H,7-8H2,1-6H3,(H,23,24,27). The Kier molecular flexibility index (Phi) is 4.53. The van der Waals surface area contributed by atoms with Crippen LogP contribution >= 0.6 is 11.3 Å². The van der Waals surface area contributed by atoms with Crippen LogP contribution in [0.4, 0.5) is 5.13 Å². The van der Waals surface area contributed by atoms with Crippen LogP contribution in [-0.2, 0) is 5.54 Å². The number of aryl methyl sites for hydroxylation is 1.